The molecule has 3 amide bonds. The summed E-state index contributed by atoms with van der Waals surface area (Å²) in [6.45, 7) is 1.47. The molecule has 3 aromatic rings. The molecule has 2 aliphatic heterocycles. The Balaban J connectivity index is 1.68. The summed E-state index contributed by atoms with van der Waals surface area (Å²) in [5.41, 5.74) is 4.38. The van der Waals surface area contributed by atoms with E-state index >= 15 is 0 Å². The largest absolute Gasteiger partial charge is 0.327 e. The number of nitrogens with one attached hydrogen (secondary N) is 3. The van der Waals surface area contributed by atoms with Gasteiger partial charge in [0.05, 0.1) is 11.7 Å². The minimum Gasteiger partial charge on any atom is -0.327 e. The molecule has 0 saturated carbocycles. The molecule has 3 aromatic carbocycles. The highest BCUT2D eigenvalue weighted by Gasteiger charge is 2.34. The number of benzene rings is 3. The van der Waals surface area contributed by atoms with Gasteiger partial charge in [-0.3, -0.25) is 10.1 Å². The van der Waals surface area contributed by atoms with Gasteiger partial charge in [-0.25, -0.2) is 9.79 Å². The van der Waals surface area contributed by atoms with Crippen molar-refractivity contribution in [2.24, 2.45) is 4.99 Å². The molecule has 0 bridgehead atoms. The number of amides is 3. The van der Waals surface area contributed by atoms with Gasteiger partial charge >= 0.3 is 6.03 Å². The van der Waals surface area contributed by atoms with Gasteiger partial charge in [-0.05, 0) is 35.4 Å². The second kappa shape index (κ2) is 8.36. The van der Waals surface area contributed by atoms with Gasteiger partial charge in [-0.1, -0.05) is 66.4 Å². The highest BCUT2D eigenvalue weighted by molar-refractivity contribution is 8.08. The standard InChI is InChI=1S/C25H20N4O2S/c1-15(30)26-18-13-11-16(12-14-18)22-21-23(17-7-3-2-4-8-17)32-20-10-6-5-9-19(20)27-24(21)29-25(31)28-22/h2-14,22H,1H3,(H,26,30)(H2,27,28,29,31). The Bertz CT molecular complexity index is 1270. The van der Waals surface area contributed by atoms with Crippen LogP contribution in [0.15, 0.2) is 94.3 Å². The van der Waals surface area contributed by atoms with Crippen molar-refractivity contribution in [2.75, 3.05) is 5.32 Å². The van der Waals surface area contributed by atoms with Crippen LogP contribution in [0.3, 0.4) is 0 Å². The maximum atomic E-state index is 12.6. The van der Waals surface area contributed by atoms with E-state index in [4.69, 9.17) is 4.99 Å². The van der Waals surface area contributed by atoms with E-state index in [1.165, 1.54) is 6.92 Å². The maximum Gasteiger partial charge on any atom is 0.321 e. The number of para-hydroxylation sites is 1. The van der Waals surface area contributed by atoms with E-state index in [-0.39, 0.29) is 11.9 Å². The van der Waals surface area contributed by atoms with Gasteiger partial charge in [-0.15, -0.1) is 0 Å². The van der Waals surface area contributed by atoms with Crippen molar-refractivity contribution in [3.05, 3.63) is 95.6 Å². The summed E-state index contributed by atoms with van der Waals surface area (Å²) in [4.78, 5) is 30.8. The van der Waals surface area contributed by atoms with Crippen LogP contribution in [0.1, 0.15) is 24.1 Å². The van der Waals surface area contributed by atoms with Crippen LogP contribution in [0, 0.1) is 0 Å². The SMILES string of the molecule is CC(=O)Nc1ccc(C2NC(=O)NC3=Nc4ccccc4SC(c4ccccc4)=C32)cc1. The number of hydrogen-bond acceptors (Lipinski definition) is 4. The number of hydrogen-bond donors (Lipinski definition) is 3. The van der Waals surface area contributed by atoms with Gasteiger partial charge in [0.25, 0.3) is 0 Å². The van der Waals surface area contributed by atoms with E-state index in [1.54, 1.807) is 11.8 Å². The Hall–Kier alpha value is -3.84. The minimum absolute atomic E-state index is 0.130. The smallest absolute Gasteiger partial charge is 0.321 e. The minimum atomic E-state index is -0.397. The van der Waals surface area contributed by atoms with Gasteiger partial charge < -0.3 is 10.6 Å². The number of nitrogens with zero attached hydrogens (tertiary/aromatic N) is 1. The van der Waals surface area contributed by atoms with Crippen LogP contribution < -0.4 is 16.0 Å². The summed E-state index contributed by atoms with van der Waals surface area (Å²) in [5, 5.41) is 8.74. The van der Waals surface area contributed by atoms with E-state index in [1.807, 2.05) is 66.7 Å². The zero-order valence-electron chi connectivity index (χ0n) is 17.3. The van der Waals surface area contributed by atoms with Crippen LogP contribution >= 0.6 is 11.8 Å². The van der Waals surface area contributed by atoms with E-state index in [9.17, 15) is 9.59 Å². The quantitative estimate of drug-likeness (QED) is 0.520. The molecular weight excluding hydrogens is 420 g/mol. The summed E-state index contributed by atoms with van der Waals surface area (Å²) in [7, 11) is 0. The van der Waals surface area contributed by atoms with E-state index in [0.717, 1.165) is 32.2 Å². The van der Waals surface area contributed by atoms with Gasteiger partial charge in [-0.2, -0.15) is 0 Å². The summed E-state index contributed by atoms with van der Waals surface area (Å²) >= 11 is 1.64. The van der Waals surface area contributed by atoms with Gasteiger partial charge in [0.15, 0.2) is 0 Å². The Morgan fingerprint density at radius 3 is 2.44 bits per heavy atom. The number of fused-ring (bicyclic) bond motifs is 2. The highest BCUT2D eigenvalue weighted by atomic mass is 32.2. The third-order valence-electron chi connectivity index (χ3n) is 5.21. The van der Waals surface area contributed by atoms with E-state index in [0.29, 0.717) is 11.5 Å². The molecule has 1 fully saturated rings. The van der Waals surface area contributed by atoms with Crippen LogP contribution in [-0.2, 0) is 4.79 Å². The summed E-state index contributed by atoms with van der Waals surface area (Å²) < 4.78 is 0. The first-order valence-electron chi connectivity index (χ1n) is 10.2. The normalized spacial score (nSPS) is 17.2. The van der Waals surface area contributed by atoms with Gasteiger partial charge in [0, 0.05) is 28.0 Å². The zero-order valence-corrected chi connectivity index (χ0v) is 18.1. The number of carbonyl (C=O) groups excluding carboxylic acids is 2. The number of thioether (sulfide) groups is 1. The highest BCUT2D eigenvalue weighted by Crippen LogP contribution is 2.47. The van der Waals surface area contributed by atoms with Crippen molar-refractivity contribution < 1.29 is 9.59 Å². The van der Waals surface area contributed by atoms with Gasteiger partial charge in [0.2, 0.25) is 5.91 Å². The lowest BCUT2D eigenvalue weighted by atomic mass is 9.93. The Morgan fingerprint density at radius 2 is 1.69 bits per heavy atom. The lowest BCUT2D eigenvalue weighted by Crippen LogP contribution is -2.50. The average molecular weight is 441 g/mol. The molecule has 7 heteroatoms. The van der Waals surface area contributed by atoms with Crippen LogP contribution in [0.2, 0.25) is 0 Å². The van der Waals surface area contributed by atoms with Crippen LogP contribution in [0.4, 0.5) is 16.2 Å². The fraction of sp³-hybridized carbons (Fsp3) is 0.0800. The molecule has 6 nitrogen and oxygen atoms in total. The molecule has 1 atom stereocenters. The number of amidine groups is 1. The van der Waals surface area contributed by atoms with Crippen molar-refractivity contribution in [3.63, 3.8) is 0 Å². The lowest BCUT2D eigenvalue weighted by Gasteiger charge is -2.30. The predicted octanol–water partition coefficient (Wildman–Crippen LogP) is 5.25. The molecule has 32 heavy (non-hydrogen) atoms. The Kier molecular flexibility index (Phi) is 5.25. The van der Waals surface area contributed by atoms with E-state index < -0.39 is 6.04 Å². The topological polar surface area (TPSA) is 82.6 Å². The summed E-state index contributed by atoms with van der Waals surface area (Å²) in [5.74, 6) is 0.412. The van der Waals surface area contributed by atoms with Crippen LogP contribution in [-0.4, -0.2) is 17.8 Å². The fourth-order valence-corrected chi connectivity index (χ4v) is 4.98. The molecular formula is C25H20N4O2S. The molecule has 2 aliphatic rings. The van der Waals surface area contributed by atoms with Crippen molar-refractivity contribution in [2.45, 2.75) is 17.9 Å². The number of anilines is 1. The first-order chi connectivity index (χ1) is 15.6. The van der Waals surface area contributed by atoms with Crippen molar-refractivity contribution >= 4 is 45.8 Å². The van der Waals surface area contributed by atoms with Crippen molar-refractivity contribution in [3.8, 4) is 0 Å². The average Bonchev–Trinajstić information content (AvgIpc) is 2.96. The molecule has 1 unspecified atom stereocenters. The first-order valence-corrected chi connectivity index (χ1v) is 11.0. The Morgan fingerprint density at radius 1 is 0.969 bits per heavy atom. The number of carbonyl (C=O) groups is 2. The molecule has 0 aromatic heterocycles. The lowest BCUT2D eigenvalue weighted by molar-refractivity contribution is -0.114. The van der Waals surface area contributed by atoms with Crippen molar-refractivity contribution in [1.82, 2.24) is 10.6 Å². The monoisotopic (exact) mass is 440 g/mol. The number of rotatable bonds is 3. The van der Waals surface area contributed by atoms with Crippen molar-refractivity contribution in [1.29, 1.82) is 0 Å². The first kappa shape index (κ1) is 20.1. The molecule has 0 aliphatic carbocycles. The molecule has 2 heterocycles. The molecule has 1 saturated heterocycles. The summed E-state index contributed by atoms with van der Waals surface area (Å²) in [6.07, 6.45) is 0. The number of urea groups is 1. The molecule has 0 spiro atoms. The predicted molar refractivity (Wildman–Crippen MR) is 128 cm³/mol. The third kappa shape index (κ3) is 3.90. The van der Waals surface area contributed by atoms with Crippen LogP contribution in [0.25, 0.3) is 4.91 Å². The zero-order chi connectivity index (χ0) is 22.1. The van der Waals surface area contributed by atoms with Crippen LogP contribution in [0.5, 0.6) is 0 Å². The number of aliphatic imine (C=N–C) groups is 1. The maximum absolute atomic E-state index is 12.6. The molecule has 3 N–H and O–H groups in total. The van der Waals surface area contributed by atoms with E-state index in [2.05, 4.69) is 28.1 Å². The Labute approximate surface area is 189 Å². The van der Waals surface area contributed by atoms with Gasteiger partial charge in [0.1, 0.15) is 5.84 Å². The molecule has 0 radical (unpaired) electrons. The molecule has 158 valence electrons. The molecule has 5 rings (SSSR count). The fourth-order valence-electron chi connectivity index (χ4n) is 3.82. The second-order valence-electron chi connectivity index (χ2n) is 7.47. The summed E-state index contributed by atoms with van der Waals surface area (Å²) in [6, 6.07) is 24.8. The second-order valence-corrected chi connectivity index (χ2v) is 8.53. The third-order valence-corrected chi connectivity index (χ3v) is 6.43.